The Morgan fingerprint density at radius 3 is 2.44 bits per heavy atom. The quantitative estimate of drug-likeness (QED) is 0.754. The van der Waals surface area contributed by atoms with Gasteiger partial charge in [0.2, 0.25) is 0 Å². The minimum atomic E-state index is -1.01. The van der Waals surface area contributed by atoms with Crippen LogP contribution in [0.2, 0.25) is 0 Å². The lowest BCUT2D eigenvalue weighted by molar-refractivity contribution is -0.164. The van der Waals surface area contributed by atoms with Gasteiger partial charge in [0.1, 0.15) is 12.2 Å². The Balaban J connectivity index is 2.61. The summed E-state index contributed by atoms with van der Waals surface area (Å²) >= 11 is 0. The van der Waals surface area contributed by atoms with Gasteiger partial charge in [-0.1, -0.05) is 27.2 Å². The topological polar surface area (TPSA) is 46.5 Å². The Morgan fingerprint density at radius 2 is 1.94 bits per heavy atom. The van der Waals surface area contributed by atoms with Gasteiger partial charge in [0.15, 0.2) is 0 Å². The molecule has 1 saturated carbocycles. The van der Waals surface area contributed by atoms with Gasteiger partial charge < -0.3 is 9.84 Å². The van der Waals surface area contributed by atoms with E-state index in [-0.39, 0.29) is 6.10 Å². The van der Waals surface area contributed by atoms with Crippen molar-refractivity contribution in [3.8, 4) is 0 Å². The molecule has 1 N–H and O–H groups in total. The maximum Gasteiger partial charge on any atom is 0.334 e. The van der Waals surface area contributed by atoms with Gasteiger partial charge in [-0.25, -0.2) is 4.79 Å². The predicted molar refractivity (Wildman–Crippen MR) is 62.9 cm³/mol. The van der Waals surface area contributed by atoms with E-state index < -0.39 is 12.1 Å². The van der Waals surface area contributed by atoms with Crippen molar-refractivity contribution in [2.75, 3.05) is 0 Å². The Hall–Kier alpha value is -0.570. The van der Waals surface area contributed by atoms with Crippen molar-refractivity contribution in [3.05, 3.63) is 0 Å². The summed E-state index contributed by atoms with van der Waals surface area (Å²) in [4.78, 5) is 11.4. The van der Waals surface area contributed by atoms with E-state index in [4.69, 9.17) is 9.84 Å². The second-order valence-electron chi connectivity index (χ2n) is 5.48. The zero-order valence-corrected chi connectivity index (χ0v) is 10.8. The first kappa shape index (κ1) is 13.5. The molecule has 0 aromatic rings. The molecule has 0 amide bonds. The second-order valence-corrected chi connectivity index (χ2v) is 5.48. The van der Waals surface area contributed by atoms with Gasteiger partial charge in [0.05, 0.1) is 0 Å². The van der Waals surface area contributed by atoms with Crippen molar-refractivity contribution in [2.24, 2.45) is 17.8 Å². The summed E-state index contributed by atoms with van der Waals surface area (Å²) in [5, 5.41) is 9.17. The fourth-order valence-corrected chi connectivity index (χ4v) is 2.50. The first-order valence-corrected chi connectivity index (χ1v) is 6.30. The molecule has 3 heteroatoms. The van der Waals surface area contributed by atoms with Crippen LogP contribution in [0.1, 0.15) is 47.0 Å². The van der Waals surface area contributed by atoms with Crippen molar-refractivity contribution in [1.29, 1.82) is 0 Å². The van der Waals surface area contributed by atoms with E-state index in [9.17, 15) is 4.79 Å². The smallest absolute Gasteiger partial charge is 0.334 e. The minimum Gasteiger partial charge on any atom is -0.460 e. The third-order valence-corrected chi connectivity index (χ3v) is 3.57. The standard InChI is InChI=1S/C13H24O3/c1-8(2)11-6-5-9(3)7-12(11)16-13(15)10(4)14/h8-12,14H,5-7H2,1-4H3/t9?,10?,11-,12?/m1/s1. The van der Waals surface area contributed by atoms with Crippen molar-refractivity contribution in [2.45, 2.75) is 59.2 Å². The Labute approximate surface area is 98.2 Å². The Kier molecular flexibility index (Phi) is 4.78. The molecular formula is C13H24O3. The fourth-order valence-electron chi connectivity index (χ4n) is 2.50. The summed E-state index contributed by atoms with van der Waals surface area (Å²) in [7, 11) is 0. The number of ether oxygens (including phenoxy) is 1. The molecule has 1 rings (SSSR count). The van der Waals surface area contributed by atoms with Crippen LogP contribution in [0.25, 0.3) is 0 Å². The van der Waals surface area contributed by atoms with Gasteiger partial charge in [0, 0.05) is 0 Å². The largest absolute Gasteiger partial charge is 0.460 e. The van der Waals surface area contributed by atoms with Gasteiger partial charge in [-0.05, 0) is 37.5 Å². The van der Waals surface area contributed by atoms with Gasteiger partial charge in [-0.15, -0.1) is 0 Å². The van der Waals surface area contributed by atoms with E-state index in [1.165, 1.54) is 13.3 Å². The Morgan fingerprint density at radius 1 is 1.31 bits per heavy atom. The lowest BCUT2D eigenvalue weighted by atomic mass is 9.75. The van der Waals surface area contributed by atoms with Gasteiger partial charge in [0.25, 0.3) is 0 Å². The van der Waals surface area contributed by atoms with Crippen LogP contribution in [-0.2, 0) is 9.53 Å². The van der Waals surface area contributed by atoms with Crippen LogP contribution in [0.5, 0.6) is 0 Å². The molecule has 94 valence electrons. The number of aliphatic hydroxyl groups is 1. The third kappa shape index (κ3) is 3.48. The third-order valence-electron chi connectivity index (χ3n) is 3.57. The maximum atomic E-state index is 11.4. The number of hydrogen-bond acceptors (Lipinski definition) is 3. The monoisotopic (exact) mass is 228 g/mol. The molecule has 3 unspecified atom stereocenters. The SMILES string of the molecule is CC1CC[C@H](C(C)C)C(OC(=O)C(C)O)C1. The molecule has 1 fully saturated rings. The zero-order valence-electron chi connectivity index (χ0n) is 10.8. The van der Waals surface area contributed by atoms with Crippen LogP contribution in [0, 0.1) is 17.8 Å². The lowest BCUT2D eigenvalue weighted by Gasteiger charge is -2.36. The van der Waals surface area contributed by atoms with Crippen LogP contribution in [0.3, 0.4) is 0 Å². The predicted octanol–water partition coefficient (Wildman–Crippen LogP) is 2.37. The lowest BCUT2D eigenvalue weighted by Crippen LogP contribution is -2.37. The van der Waals surface area contributed by atoms with E-state index in [2.05, 4.69) is 20.8 Å². The molecule has 0 aromatic carbocycles. The number of carbonyl (C=O) groups is 1. The van der Waals surface area contributed by atoms with Crippen molar-refractivity contribution in [1.82, 2.24) is 0 Å². The average Bonchev–Trinajstić information content (AvgIpc) is 2.16. The number of rotatable bonds is 3. The molecule has 0 bridgehead atoms. The molecule has 1 aliphatic rings. The second kappa shape index (κ2) is 5.67. The number of carbonyl (C=O) groups excluding carboxylic acids is 1. The maximum absolute atomic E-state index is 11.4. The van der Waals surface area contributed by atoms with Crippen LogP contribution in [0.4, 0.5) is 0 Å². The molecular weight excluding hydrogens is 204 g/mol. The zero-order chi connectivity index (χ0) is 12.3. The molecule has 0 aliphatic heterocycles. The van der Waals surface area contributed by atoms with Gasteiger partial charge in [-0.3, -0.25) is 0 Å². The minimum absolute atomic E-state index is 0.00847. The molecule has 0 radical (unpaired) electrons. The summed E-state index contributed by atoms with van der Waals surface area (Å²) < 4.78 is 5.41. The highest BCUT2D eigenvalue weighted by molar-refractivity contribution is 5.74. The average molecular weight is 228 g/mol. The molecule has 0 spiro atoms. The summed E-state index contributed by atoms with van der Waals surface area (Å²) in [6, 6.07) is 0. The first-order chi connectivity index (χ1) is 7.41. The highest BCUT2D eigenvalue weighted by Gasteiger charge is 2.33. The highest BCUT2D eigenvalue weighted by Crippen LogP contribution is 2.35. The highest BCUT2D eigenvalue weighted by atomic mass is 16.6. The van der Waals surface area contributed by atoms with E-state index in [1.54, 1.807) is 0 Å². The number of esters is 1. The van der Waals surface area contributed by atoms with Gasteiger partial charge in [-0.2, -0.15) is 0 Å². The number of aliphatic hydroxyl groups excluding tert-OH is 1. The molecule has 0 aromatic heterocycles. The van der Waals surface area contributed by atoms with E-state index in [0.29, 0.717) is 17.8 Å². The summed E-state index contributed by atoms with van der Waals surface area (Å²) in [6.45, 7) is 7.99. The first-order valence-electron chi connectivity index (χ1n) is 6.30. The molecule has 0 heterocycles. The van der Waals surface area contributed by atoms with Crippen LogP contribution in [0.15, 0.2) is 0 Å². The van der Waals surface area contributed by atoms with Crippen molar-refractivity contribution in [3.63, 3.8) is 0 Å². The van der Waals surface area contributed by atoms with Gasteiger partial charge >= 0.3 is 5.97 Å². The van der Waals surface area contributed by atoms with Crippen molar-refractivity contribution >= 4 is 5.97 Å². The van der Waals surface area contributed by atoms with Crippen LogP contribution in [-0.4, -0.2) is 23.3 Å². The molecule has 1 aliphatic carbocycles. The summed E-state index contributed by atoms with van der Waals surface area (Å²) in [6.07, 6.45) is 2.25. The number of hydrogen-bond donors (Lipinski definition) is 1. The fraction of sp³-hybridized carbons (Fsp3) is 0.923. The normalized spacial score (nSPS) is 32.5. The van der Waals surface area contributed by atoms with Crippen molar-refractivity contribution < 1.29 is 14.6 Å². The molecule has 4 atom stereocenters. The molecule has 0 saturated heterocycles. The summed E-state index contributed by atoms with van der Waals surface area (Å²) in [5.74, 6) is 1.10. The summed E-state index contributed by atoms with van der Waals surface area (Å²) in [5.41, 5.74) is 0. The van der Waals surface area contributed by atoms with E-state index >= 15 is 0 Å². The van der Waals surface area contributed by atoms with Crippen LogP contribution >= 0.6 is 0 Å². The Bertz CT molecular complexity index is 235. The van der Waals surface area contributed by atoms with Crippen LogP contribution < -0.4 is 0 Å². The van der Waals surface area contributed by atoms with E-state index in [1.807, 2.05) is 0 Å². The molecule has 16 heavy (non-hydrogen) atoms. The van der Waals surface area contributed by atoms with E-state index in [0.717, 1.165) is 12.8 Å². The molecule has 3 nitrogen and oxygen atoms in total.